The third-order valence-electron chi connectivity index (χ3n) is 1.87. The Morgan fingerprint density at radius 2 is 1.56 bits per heavy atom. The monoisotopic (exact) mass is 275 g/mol. The Hall–Kier alpha value is -1.80. The van der Waals surface area contributed by atoms with Gasteiger partial charge in [0.25, 0.3) is 0 Å². The second kappa shape index (κ2) is 4.46. The van der Waals surface area contributed by atoms with E-state index in [1.807, 2.05) is 5.16 Å². The highest BCUT2D eigenvalue weighted by Gasteiger charge is 2.39. The van der Waals surface area contributed by atoms with E-state index in [4.69, 9.17) is 5.21 Å². The summed E-state index contributed by atoms with van der Waals surface area (Å²) in [7, 11) is 0. The predicted molar refractivity (Wildman–Crippen MR) is 45.8 cm³/mol. The van der Waals surface area contributed by atoms with E-state index in [-0.39, 0.29) is 18.2 Å². The normalized spacial score (nSPS) is 13.8. The molecule has 9 heteroatoms. The van der Waals surface area contributed by atoms with Gasteiger partial charge in [-0.15, -0.1) is 0 Å². The van der Waals surface area contributed by atoms with Crippen molar-refractivity contribution in [2.45, 2.75) is 12.4 Å². The maximum Gasteiger partial charge on any atom is 0.437 e. The van der Waals surface area contributed by atoms with Crippen LogP contribution < -0.4 is 0 Å². The number of alkyl halides is 6. The molecule has 0 spiro atoms. The van der Waals surface area contributed by atoms with Gasteiger partial charge in [-0.3, -0.25) is 0 Å². The lowest BCUT2D eigenvalue weighted by Crippen LogP contribution is -2.24. The molecule has 0 fully saturated rings. The molecular formula is C9H4F7NO. The molecule has 1 N–H and O–H groups in total. The third kappa shape index (κ3) is 3.11. The van der Waals surface area contributed by atoms with Gasteiger partial charge in [0.2, 0.25) is 0 Å². The number of benzene rings is 1. The number of nitrogens with zero attached hydrogens (tertiary/aromatic N) is 1. The van der Waals surface area contributed by atoms with Crippen molar-refractivity contribution in [3.63, 3.8) is 0 Å². The van der Waals surface area contributed by atoms with Crippen molar-refractivity contribution in [2.75, 3.05) is 0 Å². The predicted octanol–water partition coefficient (Wildman–Crippen LogP) is 3.59. The van der Waals surface area contributed by atoms with Crippen LogP contribution in [0.1, 0.15) is 11.1 Å². The van der Waals surface area contributed by atoms with Crippen LogP contribution in [0.15, 0.2) is 23.4 Å². The van der Waals surface area contributed by atoms with Crippen molar-refractivity contribution < 1.29 is 35.9 Å². The molecular weight excluding hydrogens is 271 g/mol. The first kappa shape index (κ1) is 14.3. The molecule has 1 rings (SSSR count). The standard InChI is InChI=1S/C9H4F7NO/c10-6-2-4(7(17-18)9(14,15)16)1-5(3-6)8(11,12)13/h1-3,18H/b17-7+. The highest BCUT2D eigenvalue weighted by atomic mass is 19.4. The maximum absolute atomic E-state index is 12.8. The first-order valence-electron chi connectivity index (χ1n) is 4.23. The van der Waals surface area contributed by atoms with Crippen molar-refractivity contribution in [3.8, 4) is 0 Å². The molecule has 0 aliphatic heterocycles. The van der Waals surface area contributed by atoms with Crippen molar-refractivity contribution in [3.05, 3.63) is 35.1 Å². The zero-order valence-corrected chi connectivity index (χ0v) is 8.27. The minimum atomic E-state index is -5.20. The lowest BCUT2D eigenvalue weighted by atomic mass is 10.1. The molecule has 0 radical (unpaired) electrons. The van der Waals surface area contributed by atoms with Crippen LogP contribution in [0.5, 0.6) is 0 Å². The van der Waals surface area contributed by atoms with Crippen molar-refractivity contribution in [1.29, 1.82) is 0 Å². The van der Waals surface area contributed by atoms with E-state index in [0.717, 1.165) is 0 Å². The SMILES string of the molecule is O/N=C(\c1cc(F)cc(C(F)(F)F)c1)C(F)(F)F. The van der Waals surface area contributed by atoms with Crippen molar-refractivity contribution >= 4 is 5.71 Å². The van der Waals surface area contributed by atoms with Gasteiger partial charge in [0.1, 0.15) is 5.82 Å². The first-order chi connectivity index (χ1) is 8.05. The maximum atomic E-state index is 12.8. The molecule has 0 saturated heterocycles. The Kier molecular flexibility index (Phi) is 3.54. The topological polar surface area (TPSA) is 32.6 Å². The van der Waals surface area contributed by atoms with E-state index < -0.39 is 35.0 Å². The Bertz CT molecular complexity index is 475. The number of rotatable bonds is 1. The van der Waals surface area contributed by atoms with Gasteiger partial charge in [-0.25, -0.2) is 4.39 Å². The number of hydrogen-bond donors (Lipinski definition) is 1. The molecule has 2 nitrogen and oxygen atoms in total. The van der Waals surface area contributed by atoms with Gasteiger partial charge in [0.05, 0.1) is 5.56 Å². The number of halogens is 7. The van der Waals surface area contributed by atoms with Crippen LogP contribution in [0, 0.1) is 5.82 Å². The zero-order valence-electron chi connectivity index (χ0n) is 8.27. The van der Waals surface area contributed by atoms with Gasteiger partial charge >= 0.3 is 12.4 Å². The third-order valence-corrected chi connectivity index (χ3v) is 1.87. The summed E-state index contributed by atoms with van der Waals surface area (Å²) in [5, 5.41) is 10.0. The van der Waals surface area contributed by atoms with Gasteiger partial charge < -0.3 is 5.21 Å². The van der Waals surface area contributed by atoms with Crippen molar-refractivity contribution in [1.82, 2.24) is 0 Å². The van der Waals surface area contributed by atoms with Crippen LogP contribution in [0.4, 0.5) is 30.7 Å². The highest BCUT2D eigenvalue weighted by molar-refractivity contribution is 6.04. The van der Waals surface area contributed by atoms with E-state index >= 15 is 0 Å². The van der Waals surface area contributed by atoms with Crippen LogP contribution >= 0.6 is 0 Å². The second-order valence-electron chi connectivity index (χ2n) is 3.17. The van der Waals surface area contributed by atoms with Crippen LogP contribution in [-0.2, 0) is 6.18 Å². The molecule has 100 valence electrons. The van der Waals surface area contributed by atoms with Gasteiger partial charge in [0, 0.05) is 5.56 Å². The summed E-state index contributed by atoms with van der Waals surface area (Å²) in [4.78, 5) is 0. The fourth-order valence-electron chi connectivity index (χ4n) is 1.17. The van der Waals surface area contributed by atoms with Gasteiger partial charge in [-0.1, -0.05) is 5.16 Å². The van der Waals surface area contributed by atoms with E-state index in [9.17, 15) is 30.7 Å². The molecule has 0 aliphatic rings. The molecule has 0 bridgehead atoms. The summed E-state index contributed by atoms with van der Waals surface area (Å²) in [6, 6.07) is 0.276. The Labute approximate surface area is 95.3 Å². The quantitative estimate of drug-likeness (QED) is 0.361. The fourth-order valence-corrected chi connectivity index (χ4v) is 1.17. The molecule has 0 aromatic heterocycles. The summed E-state index contributed by atoms with van der Waals surface area (Å²) in [6.07, 6.45) is -10.2. The van der Waals surface area contributed by atoms with Crippen LogP contribution in [0.3, 0.4) is 0 Å². The zero-order chi connectivity index (χ0) is 14.1. The summed E-state index contributed by atoms with van der Waals surface area (Å²) >= 11 is 0. The fraction of sp³-hybridized carbons (Fsp3) is 0.222. The number of oxime groups is 1. The van der Waals surface area contributed by atoms with Crippen molar-refractivity contribution in [2.24, 2.45) is 5.16 Å². The first-order valence-corrected chi connectivity index (χ1v) is 4.23. The molecule has 1 aromatic rings. The lowest BCUT2D eigenvalue weighted by Gasteiger charge is -2.12. The Balaban J connectivity index is 3.39. The van der Waals surface area contributed by atoms with E-state index in [1.54, 1.807) is 0 Å². The minimum Gasteiger partial charge on any atom is -0.410 e. The van der Waals surface area contributed by atoms with Gasteiger partial charge in [-0.05, 0) is 18.2 Å². The highest BCUT2D eigenvalue weighted by Crippen LogP contribution is 2.32. The van der Waals surface area contributed by atoms with Gasteiger partial charge in [0.15, 0.2) is 5.71 Å². The summed E-state index contributed by atoms with van der Waals surface area (Å²) in [5.74, 6) is -1.52. The molecule has 0 atom stereocenters. The molecule has 18 heavy (non-hydrogen) atoms. The minimum absolute atomic E-state index is 0.0366. The largest absolute Gasteiger partial charge is 0.437 e. The smallest absolute Gasteiger partial charge is 0.410 e. The average molecular weight is 275 g/mol. The molecule has 0 heterocycles. The Morgan fingerprint density at radius 1 is 1.00 bits per heavy atom. The van der Waals surface area contributed by atoms with Crippen LogP contribution in [0.2, 0.25) is 0 Å². The van der Waals surface area contributed by atoms with Crippen LogP contribution in [0.25, 0.3) is 0 Å². The van der Waals surface area contributed by atoms with Crippen LogP contribution in [-0.4, -0.2) is 17.1 Å². The summed E-state index contributed by atoms with van der Waals surface area (Å²) < 4.78 is 86.4. The average Bonchev–Trinajstić information content (AvgIpc) is 2.13. The molecule has 0 amide bonds. The Morgan fingerprint density at radius 3 is 1.94 bits per heavy atom. The molecule has 0 aliphatic carbocycles. The second-order valence-corrected chi connectivity index (χ2v) is 3.17. The molecule has 0 saturated carbocycles. The molecule has 0 unspecified atom stereocenters. The summed E-state index contributed by atoms with van der Waals surface area (Å²) in [5.41, 5.74) is -4.83. The number of hydrogen-bond acceptors (Lipinski definition) is 2. The van der Waals surface area contributed by atoms with E-state index in [0.29, 0.717) is 0 Å². The summed E-state index contributed by atoms with van der Waals surface area (Å²) in [6.45, 7) is 0. The van der Waals surface area contributed by atoms with Gasteiger partial charge in [-0.2, -0.15) is 26.3 Å². The molecule has 1 aromatic carbocycles. The lowest BCUT2D eigenvalue weighted by molar-refractivity contribution is -0.137. The van der Waals surface area contributed by atoms with E-state index in [1.165, 1.54) is 0 Å². The van der Waals surface area contributed by atoms with E-state index in [2.05, 4.69) is 0 Å².